The predicted molar refractivity (Wildman–Crippen MR) is 109 cm³/mol. The van der Waals surface area contributed by atoms with Crippen LogP contribution in [0.1, 0.15) is 30.7 Å². The number of nitrogens with zero attached hydrogens (tertiary/aromatic N) is 4. The summed E-state index contributed by atoms with van der Waals surface area (Å²) in [7, 11) is 1.50. The molecule has 4 rings (SSSR count). The van der Waals surface area contributed by atoms with E-state index in [1.165, 1.54) is 7.11 Å². The SMILES string of the molecule is COc1ccc(-c2cc(C(F)(F)F)n3nc(CC(=O)N4CCCCC4)c(Cl)c3n2)cc1. The molecule has 3 heterocycles. The maximum absolute atomic E-state index is 13.8. The fourth-order valence-corrected chi connectivity index (χ4v) is 3.89. The number of halogens is 4. The summed E-state index contributed by atoms with van der Waals surface area (Å²) in [5.74, 6) is 0.371. The maximum Gasteiger partial charge on any atom is 0.433 e. The van der Waals surface area contributed by atoms with Gasteiger partial charge in [0.05, 0.1) is 24.9 Å². The highest BCUT2D eigenvalue weighted by Gasteiger charge is 2.36. The van der Waals surface area contributed by atoms with Gasteiger partial charge in [-0.05, 0) is 49.6 Å². The van der Waals surface area contributed by atoms with Crippen LogP contribution >= 0.6 is 11.6 Å². The Morgan fingerprint density at radius 2 is 1.84 bits per heavy atom. The molecule has 0 aliphatic carbocycles. The first-order chi connectivity index (χ1) is 14.8. The molecule has 0 spiro atoms. The largest absolute Gasteiger partial charge is 0.497 e. The van der Waals surface area contributed by atoms with Gasteiger partial charge < -0.3 is 9.64 Å². The summed E-state index contributed by atoms with van der Waals surface area (Å²) < 4.78 is 47.2. The Morgan fingerprint density at radius 1 is 1.16 bits per heavy atom. The molecular weight excluding hydrogens is 433 g/mol. The van der Waals surface area contributed by atoms with Crippen molar-refractivity contribution in [3.05, 3.63) is 46.7 Å². The van der Waals surface area contributed by atoms with Gasteiger partial charge in [-0.15, -0.1) is 0 Å². The minimum atomic E-state index is -4.69. The first-order valence-electron chi connectivity index (χ1n) is 9.85. The second-order valence-electron chi connectivity index (χ2n) is 7.37. The number of likely N-dealkylation sites (tertiary alicyclic amines) is 1. The summed E-state index contributed by atoms with van der Waals surface area (Å²) in [6, 6.07) is 7.42. The minimum Gasteiger partial charge on any atom is -0.497 e. The Labute approximate surface area is 181 Å². The van der Waals surface area contributed by atoms with Crippen LogP contribution in [0.3, 0.4) is 0 Å². The number of piperidine rings is 1. The van der Waals surface area contributed by atoms with E-state index in [-0.39, 0.29) is 34.4 Å². The number of hydrogen-bond acceptors (Lipinski definition) is 4. The molecule has 0 unspecified atom stereocenters. The molecule has 10 heteroatoms. The predicted octanol–water partition coefficient (Wildman–Crippen LogP) is 4.63. The average molecular weight is 453 g/mol. The van der Waals surface area contributed by atoms with E-state index in [1.54, 1.807) is 29.2 Å². The van der Waals surface area contributed by atoms with Crippen molar-refractivity contribution < 1.29 is 22.7 Å². The standard InChI is InChI=1S/C21H20ClF3N4O2/c1-31-14-7-5-13(6-8-14)15-11-17(21(23,24)25)29-20(26-15)19(22)16(27-29)12-18(30)28-9-3-2-4-10-28/h5-8,11H,2-4,9-10,12H2,1H3. The van der Waals surface area contributed by atoms with Gasteiger partial charge in [0.15, 0.2) is 11.3 Å². The molecule has 2 aromatic heterocycles. The number of carbonyl (C=O) groups is 1. The Balaban J connectivity index is 1.77. The van der Waals surface area contributed by atoms with Crippen molar-refractivity contribution >= 4 is 23.2 Å². The summed E-state index contributed by atoms with van der Waals surface area (Å²) in [6.45, 7) is 1.27. The lowest BCUT2D eigenvalue weighted by molar-refractivity contribution is -0.142. The van der Waals surface area contributed by atoms with Crippen LogP contribution < -0.4 is 4.74 Å². The lowest BCUT2D eigenvalue weighted by atomic mass is 10.1. The number of alkyl halides is 3. The van der Waals surface area contributed by atoms with Crippen LogP contribution in [-0.4, -0.2) is 45.6 Å². The monoisotopic (exact) mass is 452 g/mol. The third-order valence-corrected chi connectivity index (χ3v) is 5.69. The van der Waals surface area contributed by atoms with Crippen LogP contribution in [0.2, 0.25) is 5.02 Å². The fraction of sp³-hybridized carbons (Fsp3) is 0.381. The van der Waals surface area contributed by atoms with Crippen LogP contribution in [0.4, 0.5) is 13.2 Å². The Morgan fingerprint density at radius 3 is 2.45 bits per heavy atom. The number of benzene rings is 1. The summed E-state index contributed by atoms with van der Waals surface area (Å²) >= 11 is 6.37. The third kappa shape index (κ3) is 4.32. The van der Waals surface area contributed by atoms with E-state index in [9.17, 15) is 18.0 Å². The first-order valence-corrected chi connectivity index (χ1v) is 10.2. The third-order valence-electron chi connectivity index (χ3n) is 5.30. The molecule has 1 aliphatic heterocycles. The number of ether oxygens (including phenoxy) is 1. The molecule has 0 atom stereocenters. The zero-order valence-electron chi connectivity index (χ0n) is 16.7. The van der Waals surface area contributed by atoms with Gasteiger partial charge in [0.1, 0.15) is 10.8 Å². The summed E-state index contributed by atoms with van der Waals surface area (Å²) in [4.78, 5) is 18.6. The van der Waals surface area contributed by atoms with Crippen molar-refractivity contribution in [1.29, 1.82) is 0 Å². The van der Waals surface area contributed by atoms with Crippen molar-refractivity contribution in [2.45, 2.75) is 31.9 Å². The van der Waals surface area contributed by atoms with Crippen molar-refractivity contribution in [2.75, 3.05) is 20.2 Å². The summed E-state index contributed by atoms with van der Waals surface area (Å²) in [5, 5.41) is 3.96. The van der Waals surface area contributed by atoms with Gasteiger partial charge >= 0.3 is 6.18 Å². The highest BCUT2D eigenvalue weighted by molar-refractivity contribution is 6.34. The Bertz CT molecular complexity index is 1110. The topological polar surface area (TPSA) is 59.7 Å². The number of rotatable bonds is 4. The lowest BCUT2D eigenvalue weighted by Gasteiger charge is -2.26. The van der Waals surface area contributed by atoms with E-state index in [4.69, 9.17) is 16.3 Å². The van der Waals surface area contributed by atoms with E-state index >= 15 is 0 Å². The van der Waals surface area contributed by atoms with Crippen molar-refractivity contribution in [2.24, 2.45) is 0 Å². The highest BCUT2D eigenvalue weighted by atomic mass is 35.5. The Hall–Kier alpha value is -2.81. The molecule has 1 aromatic carbocycles. The van der Waals surface area contributed by atoms with Gasteiger partial charge in [-0.2, -0.15) is 18.3 Å². The Kier molecular flexibility index (Phi) is 5.79. The normalized spacial score (nSPS) is 14.8. The van der Waals surface area contributed by atoms with E-state index in [2.05, 4.69) is 10.1 Å². The molecular formula is C21H20ClF3N4O2. The first kappa shape index (κ1) is 21.4. The van der Waals surface area contributed by atoms with Gasteiger partial charge in [-0.3, -0.25) is 4.79 Å². The molecule has 1 saturated heterocycles. The second-order valence-corrected chi connectivity index (χ2v) is 7.75. The van der Waals surface area contributed by atoms with Crippen molar-refractivity contribution in [1.82, 2.24) is 19.5 Å². The molecule has 0 saturated carbocycles. The highest BCUT2D eigenvalue weighted by Crippen LogP contribution is 2.35. The van der Waals surface area contributed by atoms with Crippen LogP contribution in [0.15, 0.2) is 30.3 Å². The molecule has 1 amide bonds. The molecule has 31 heavy (non-hydrogen) atoms. The molecule has 6 nitrogen and oxygen atoms in total. The zero-order chi connectivity index (χ0) is 22.2. The maximum atomic E-state index is 13.8. The number of fused-ring (bicyclic) bond motifs is 1. The quantitative estimate of drug-likeness (QED) is 0.579. The van der Waals surface area contributed by atoms with Gasteiger partial charge in [0.25, 0.3) is 0 Å². The lowest BCUT2D eigenvalue weighted by Crippen LogP contribution is -2.36. The van der Waals surface area contributed by atoms with Crippen LogP contribution in [0.5, 0.6) is 5.75 Å². The summed E-state index contributed by atoms with van der Waals surface area (Å²) in [6.07, 6.45) is -1.97. The number of carbonyl (C=O) groups excluding carboxylic acids is 1. The molecule has 0 N–H and O–H groups in total. The molecule has 1 aliphatic rings. The van der Waals surface area contributed by atoms with Crippen LogP contribution in [0.25, 0.3) is 16.9 Å². The number of hydrogen-bond donors (Lipinski definition) is 0. The van der Waals surface area contributed by atoms with E-state index in [0.29, 0.717) is 28.9 Å². The molecule has 3 aromatic rings. The van der Waals surface area contributed by atoms with Crippen LogP contribution in [0, 0.1) is 0 Å². The average Bonchev–Trinajstić information content (AvgIpc) is 3.08. The number of methoxy groups -OCH3 is 1. The fourth-order valence-electron chi connectivity index (χ4n) is 3.66. The van der Waals surface area contributed by atoms with Crippen molar-refractivity contribution in [3.8, 4) is 17.0 Å². The molecule has 0 radical (unpaired) electrons. The van der Waals surface area contributed by atoms with Crippen LogP contribution in [-0.2, 0) is 17.4 Å². The van der Waals surface area contributed by atoms with E-state index < -0.39 is 11.9 Å². The van der Waals surface area contributed by atoms with E-state index in [1.807, 2.05) is 0 Å². The minimum absolute atomic E-state index is 0.0498. The molecule has 0 bridgehead atoms. The summed E-state index contributed by atoms with van der Waals surface area (Å²) in [5.41, 5.74) is -0.497. The smallest absolute Gasteiger partial charge is 0.433 e. The van der Waals surface area contributed by atoms with Gasteiger partial charge in [0, 0.05) is 18.7 Å². The number of aromatic nitrogens is 3. The van der Waals surface area contributed by atoms with Gasteiger partial charge in [-0.1, -0.05) is 11.6 Å². The molecule has 164 valence electrons. The molecule has 1 fully saturated rings. The number of amides is 1. The second kappa shape index (κ2) is 8.37. The van der Waals surface area contributed by atoms with E-state index in [0.717, 1.165) is 25.3 Å². The zero-order valence-corrected chi connectivity index (χ0v) is 17.5. The van der Waals surface area contributed by atoms with Crippen molar-refractivity contribution in [3.63, 3.8) is 0 Å². The van der Waals surface area contributed by atoms with Gasteiger partial charge in [0.2, 0.25) is 5.91 Å². The van der Waals surface area contributed by atoms with Gasteiger partial charge in [-0.25, -0.2) is 9.50 Å².